The molecule has 25 heavy (non-hydrogen) atoms. The van der Waals surface area contributed by atoms with Crippen molar-refractivity contribution in [3.8, 4) is 0 Å². The molecule has 1 aliphatic rings. The molecule has 3 aromatic rings. The minimum absolute atomic E-state index is 0.140. The molecule has 0 saturated heterocycles. The molecule has 124 valence electrons. The molecule has 1 N–H and O–H groups in total. The normalized spacial score (nSPS) is 12.8. The number of carbonyl (C=O) groups is 1. The third-order valence-corrected chi connectivity index (χ3v) is 4.80. The summed E-state index contributed by atoms with van der Waals surface area (Å²) in [7, 11) is 0. The van der Waals surface area contributed by atoms with Crippen LogP contribution in [0.1, 0.15) is 15.9 Å². The van der Waals surface area contributed by atoms with Gasteiger partial charge in [0.05, 0.1) is 0 Å². The van der Waals surface area contributed by atoms with E-state index in [4.69, 9.17) is 0 Å². The molecule has 0 atom stereocenters. The summed E-state index contributed by atoms with van der Waals surface area (Å²) in [6.07, 6.45) is 2.68. The molecule has 1 aliphatic heterocycles. The molecule has 0 unspecified atom stereocenters. The van der Waals surface area contributed by atoms with Crippen molar-refractivity contribution < 1.29 is 4.79 Å². The highest BCUT2D eigenvalue weighted by atomic mass is 79.9. The number of carbonyl (C=O) groups excluding carboxylic acids is 1. The van der Waals surface area contributed by atoms with E-state index >= 15 is 0 Å². The summed E-state index contributed by atoms with van der Waals surface area (Å²) in [5.41, 5.74) is 3.84. The maximum Gasteiger partial charge on any atom is 0.255 e. The predicted molar refractivity (Wildman–Crippen MR) is 103 cm³/mol. The fourth-order valence-electron chi connectivity index (χ4n) is 3.02. The third kappa shape index (κ3) is 3.28. The zero-order valence-electron chi connectivity index (χ0n) is 13.4. The number of anilines is 3. The molecule has 0 saturated carbocycles. The largest absolute Gasteiger partial charge is 0.326 e. The van der Waals surface area contributed by atoms with Crippen LogP contribution in [0.15, 0.2) is 71.3 Å². The summed E-state index contributed by atoms with van der Waals surface area (Å²) in [4.78, 5) is 19.2. The minimum Gasteiger partial charge on any atom is -0.326 e. The second-order valence-corrected chi connectivity index (χ2v) is 6.81. The Morgan fingerprint density at radius 1 is 1.08 bits per heavy atom. The zero-order chi connectivity index (χ0) is 17.2. The second-order valence-electron chi connectivity index (χ2n) is 5.89. The SMILES string of the molecule is O=C(Nc1ccc(Br)cc1)c1ccnc(N2CCc3ccccc32)c1. The van der Waals surface area contributed by atoms with E-state index in [9.17, 15) is 4.79 Å². The monoisotopic (exact) mass is 393 g/mol. The van der Waals surface area contributed by atoms with Crippen LogP contribution in [0.4, 0.5) is 17.2 Å². The lowest BCUT2D eigenvalue weighted by Gasteiger charge is -2.18. The van der Waals surface area contributed by atoms with E-state index in [1.54, 1.807) is 12.3 Å². The van der Waals surface area contributed by atoms with Gasteiger partial charge < -0.3 is 10.2 Å². The molecular weight excluding hydrogens is 378 g/mol. The van der Waals surface area contributed by atoms with E-state index in [0.29, 0.717) is 5.56 Å². The lowest BCUT2D eigenvalue weighted by molar-refractivity contribution is 0.102. The smallest absolute Gasteiger partial charge is 0.255 e. The molecule has 4 rings (SSSR count). The first-order chi connectivity index (χ1) is 12.2. The zero-order valence-corrected chi connectivity index (χ0v) is 15.0. The van der Waals surface area contributed by atoms with Crippen LogP contribution in [0.2, 0.25) is 0 Å². The fourth-order valence-corrected chi connectivity index (χ4v) is 3.28. The van der Waals surface area contributed by atoms with Crippen LogP contribution >= 0.6 is 15.9 Å². The van der Waals surface area contributed by atoms with Gasteiger partial charge in [0.15, 0.2) is 0 Å². The molecule has 2 heterocycles. The van der Waals surface area contributed by atoms with Gasteiger partial charge in [0.1, 0.15) is 5.82 Å². The van der Waals surface area contributed by atoms with Crippen molar-refractivity contribution in [3.63, 3.8) is 0 Å². The van der Waals surface area contributed by atoms with Gasteiger partial charge in [0.2, 0.25) is 0 Å². The van der Waals surface area contributed by atoms with Crippen LogP contribution in [0.3, 0.4) is 0 Å². The van der Waals surface area contributed by atoms with Crippen LogP contribution in [0, 0.1) is 0 Å². The van der Waals surface area contributed by atoms with Gasteiger partial charge in [-0.15, -0.1) is 0 Å². The molecule has 0 fully saturated rings. The van der Waals surface area contributed by atoms with Gasteiger partial charge in [-0.3, -0.25) is 4.79 Å². The van der Waals surface area contributed by atoms with E-state index in [1.165, 1.54) is 11.3 Å². The van der Waals surface area contributed by atoms with Crippen molar-refractivity contribution >= 4 is 39.0 Å². The Balaban J connectivity index is 1.57. The van der Waals surface area contributed by atoms with Crippen LogP contribution in [-0.2, 0) is 6.42 Å². The van der Waals surface area contributed by atoms with Gasteiger partial charge in [-0.25, -0.2) is 4.98 Å². The first-order valence-corrected chi connectivity index (χ1v) is 8.88. The number of amides is 1. The van der Waals surface area contributed by atoms with Crippen molar-refractivity contribution in [1.29, 1.82) is 0 Å². The Hall–Kier alpha value is -2.66. The fraction of sp³-hybridized carbons (Fsp3) is 0.100. The highest BCUT2D eigenvalue weighted by molar-refractivity contribution is 9.10. The quantitative estimate of drug-likeness (QED) is 0.695. The van der Waals surface area contributed by atoms with Gasteiger partial charge in [-0.2, -0.15) is 0 Å². The summed E-state index contributed by atoms with van der Waals surface area (Å²) in [6, 6.07) is 19.4. The number of nitrogens with one attached hydrogen (secondary N) is 1. The number of hydrogen-bond acceptors (Lipinski definition) is 3. The lowest BCUT2D eigenvalue weighted by atomic mass is 10.2. The number of nitrogens with zero attached hydrogens (tertiary/aromatic N) is 2. The number of fused-ring (bicyclic) bond motifs is 1. The van der Waals surface area contributed by atoms with Crippen molar-refractivity contribution in [3.05, 3.63) is 82.5 Å². The Morgan fingerprint density at radius 2 is 1.88 bits per heavy atom. The Bertz CT molecular complexity index is 924. The van der Waals surface area contributed by atoms with Gasteiger partial charge in [0, 0.05) is 34.2 Å². The van der Waals surface area contributed by atoms with Crippen molar-refractivity contribution in [1.82, 2.24) is 4.98 Å². The maximum atomic E-state index is 12.5. The summed E-state index contributed by atoms with van der Waals surface area (Å²) in [5, 5.41) is 2.92. The predicted octanol–water partition coefficient (Wildman–Crippen LogP) is 4.79. The van der Waals surface area contributed by atoms with Gasteiger partial charge in [0.25, 0.3) is 5.91 Å². The summed E-state index contributed by atoms with van der Waals surface area (Å²) < 4.78 is 0.976. The highest BCUT2D eigenvalue weighted by Crippen LogP contribution is 2.33. The molecule has 2 aromatic carbocycles. The number of benzene rings is 2. The van der Waals surface area contributed by atoms with Crippen molar-refractivity contribution in [2.75, 3.05) is 16.8 Å². The van der Waals surface area contributed by atoms with E-state index < -0.39 is 0 Å². The minimum atomic E-state index is -0.140. The van der Waals surface area contributed by atoms with Crippen molar-refractivity contribution in [2.45, 2.75) is 6.42 Å². The van der Waals surface area contributed by atoms with Crippen LogP contribution in [0.25, 0.3) is 0 Å². The van der Waals surface area contributed by atoms with Gasteiger partial charge in [-0.1, -0.05) is 34.1 Å². The highest BCUT2D eigenvalue weighted by Gasteiger charge is 2.21. The van der Waals surface area contributed by atoms with Crippen LogP contribution in [0.5, 0.6) is 0 Å². The standard InChI is InChI=1S/C20H16BrN3O/c21-16-5-7-17(8-6-16)23-20(25)15-9-11-22-19(13-15)24-12-10-14-3-1-2-4-18(14)24/h1-9,11,13H,10,12H2,(H,23,25). The van der Waals surface area contributed by atoms with Gasteiger partial charge >= 0.3 is 0 Å². The first-order valence-electron chi connectivity index (χ1n) is 8.09. The average molecular weight is 394 g/mol. The Morgan fingerprint density at radius 3 is 2.72 bits per heavy atom. The number of hydrogen-bond donors (Lipinski definition) is 1. The summed E-state index contributed by atoms with van der Waals surface area (Å²) >= 11 is 3.39. The van der Waals surface area contributed by atoms with Crippen LogP contribution in [-0.4, -0.2) is 17.4 Å². The maximum absolute atomic E-state index is 12.5. The number of aromatic nitrogens is 1. The molecule has 0 spiro atoms. The number of halogens is 1. The molecule has 0 bridgehead atoms. The van der Waals surface area contributed by atoms with Crippen LogP contribution < -0.4 is 10.2 Å². The molecule has 0 radical (unpaired) electrons. The Kier molecular flexibility index (Phi) is 4.24. The van der Waals surface area contributed by atoms with E-state index in [1.807, 2.05) is 36.4 Å². The molecule has 1 amide bonds. The average Bonchev–Trinajstić information content (AvgIpc) is 3.08. The molecular formula is C20H16BrN3O. The number of rotatable bonds is 3. The lowest BCUT2D eigenvalue weighted by Crippen LogP contribution is -2.17. The molecule has 1 aromatic heterocycles. The van der Waals surface area contributed by atoms with Gasteiger partial charge in [-0.05, 0) is 54.4 Å². The topological polar surface area (TPSA) is 45.2 Å². The molecule has 5 heteroatoms. The number of para-hydroxylation sites is 1. The third-order valence-electron chi connectivity index (χ3n) is 4.27. The summed E-state index contributed by atoms with van der Waals surface area (Å²) in [5.74, 6) is 0.659. The number of pyridine rings is 1. The second kappa shape index (κ2) is 6.69. The summed E-state index contributed by atoms with van der Waals surface area (Å²) in [6.45, 7) is 0.879. The molecule has 4 nitrogen and oxygen atoms in total. The Labute approximate surface area is 154 Å². The van der Waals surface area contributed by atoms with E-state index in [2.05, 4.69) is 49.3 Å². The van der Waals surface area contributed by atoms with Crippen molar-refractivity contribution in [2.24, 2.45) is 0 Å². The van der Waals surface area contributed by atoms with E-state index in [0.717, 1.165) is 28.9 Å². The first kappa shape index (κ1) is 15.8. The van der Waals surface area contributed by atoms with E-state index in [-0.39, 0.29) is 5.91 Å². The molecule has 0 aliphatic carbocycles.